The molecule has 4 aromatic rings. The summed E-state index contributed by atoms with van der Waals surface area (Å²) in [5.41, 5.74) is 3.29. The van der Waals surface area contributed by atoms with Gasteiger partial charge >= 0.3 is 0 Å². The number of nitrogens with one attached hydrogen (secondary N) is 1. The van der Waals surface area contributed by atoms with Gasteiger partial charge in [-0.2, -0.15) is 0 Å². The molecule has 4 rings (SSSR count). The van der Waals surface area contributed by atoms with Crippen molar-refractivity contribution in [2.75, 3.05) is 12.4 Å². The molecular formula is C23H19BrN4O2. The van der Waals surface area contributed by atoms with Crippen LogP contribution in [0.3, 0.4) is 0 Å². The first kappa shape index (κ1) is 19.8. The quantitative estimate of drug-likeness (QED) is 0.438. The zero-order valence-electron chi connectivity index (χ0n) is 16.5. The molecule has 1 N–H and O–H groups in total. The van der Waals surface area contributed by atoms with Crippen LogP contribution in [0.5, 0.6) is 5.75 Å². The van der Waals surface area contributed by atoms with Gasteiger partial charge in [0.1, 0.15) is 5.75 Å². The Balaban J connectivity index is 1.73. The van der Waals surface area contributed by atoms with Crippen molar-refractivity contribution < 1.29 is 9.53 Å². The van der Waals surface area contributed by atoms with Crippen LogP contribution in [-0.4, -0.2) is 27.8 Å². The van der Waals surface area contributed by atoms with E-state index in [1.165, 1.54) is 0 Å². The number of amides is 1. The number of carbonyl (C=O) groups is 1. The fourth-order valence-corrected chi connectivity index (χ4v) is 3.51. The number of anilines is 1. The van der Waals surface area contributed by atoms with E-state index in [2.05, 4.69) is 31.3 Å². The van der Waals surface area contributed by atoms with E-state index in [0.717, 1.165) is 27.0 Å². The Morgan fingerprint density at radius 2 is 1.77 bits per heavy atom. The van der Waals surface area contributed by atoms with Crippen LogP contribution < -0.4 is 10.1 Å². The van der Waals surface area contributed by atoms with Crippen LogP contribution in [-0.2, 0) is 0 Å². The van der Waals surface area contributed by atoms with Gasteiger partial charge in [0.15, 0.2) is 5.82 Å². The maximum absolute atomic E-state index is 12.9. The van der Waals surface area contributed by atoms with Gasteiger partial charge in [-0.15, -0.1) is 5.10 Å². The minimum absolute atomic E-state index is 0.0898. The first-order valence-corrected chi connectivity index (χ1v) is 10.1. The lowest BCUT2D eigenvalue weighted by atomic mass is 10.2. The summed E-state index contributed by atoms with van der Waals surface area (Å²) in [5, 5.41) is 7.40. The van der Waals surface area contributed by atoms with E-state index >= 15 is 0 Å². The smallest absolute Gasteiger partial charge is 0.295 e. The topological polar surface area (TPSA) is 69.0 Å². The summed E-state index contributed by atoms with van der Waals surface area (Å²) >= 11 is 3.43. The molecule has 0 aliphatic rings. The van der Waals surface area contributed by atoms with E-state index in [4.69, 9.17) is 4.74 Å². The second-order valence-corrected chi connectivity index (χ2v) is 7.56. The third-order valence-electron chi connectivity index (χ3n) is 4.60. The molecule has 0 aliphatic heterocycles. The van der Waals surface area contributed by atoms with Gasteiger partial charge in [-0.05, 0) is 55.0 Å². The second kappa shape index (κ2) is 8.51. The normalized spacial score (nSPS) is 10.6. The number of aromatic nitrogens is 3. The summed E-state index contributed by atoms with van der Waals surface area (Å²) in [6, 6.07) is 22.7. The molecule has 0 aliphatic carbocycles. The number of carbonyl (C=O) groups excluding carboxylic acids is 1. The van der Waals surface area contributed by atoms with E-state index in [9.17, 15) is 4.79 Å². The zero-order chi connectivity index (χ0) is 21.1. The molecule has 0 fully saturated rings. The van der Waals surface area contributed by atoms with Gasteiger partial charge in [-0.1, -0.05) is 46.3 Å². The number of halogens is 1. The monoisotopic (exact) mass is 462 g/mol. The van der Waals surface area contributed by atoms with Crippen LogP contribution in [0.2, 0.25) is 0 Å². The lowest BCUT2D eigenvalue weighted by Gasteiger charge is -2.07. The average Bonchev–Trinajstić information content (AvgIpc) is 3.22. The minimum atomic E-state index is -0.370. The number of ether oxygens (including phenoxy) is 1. The molecule has 6 nitrogen and oxygen atoms in total. The largest absolute Gasteiger partial charge is 0.497 e. The molecule has 0 saturated heterocycles. The van der Waals surface area contributed by atoms with Crippen molar-refractivity contribution in [3.8, 4) is 22.8 Å². The summed E-state index contributed by atoms with van der Waals surface area (Å²) in [7, 11) is 1.62. The first-order valence-electron chi connectivity index (χ1n) is 9.29. The summed E-state index contributed by atoms with van der Waals surface area (Å²) in [4.78, 5) is 17.4. The number of benzene rings is 3. The van der Waals surface area contributed by atoms with E-state index in [1.54, 1.807) is 11.8 Å². The molecule has 0 atom stereocenters. The minimum Gasteiger partial charge on any atom is -0.497 e. The maximum Gasteiger partial charge on any atom is 0.295 e. The maximum atomic E-state index is 12.9. The number of rotatable bonds is 5. The summed E-state index contributed by atoms with van der Waals surface area (Å²) < 4.78 is 7.85. The lowest BCUT2D eigenvalue weighted by molar-refractivity contribution is 0.101. The highest BCUT2D eigenvalue weighted by atomic mass is 79.9. The highest BCUT2D eigenvalue weighted by molar-refractivity contribution is 9.10. The van der Waals surface area contributed by atoms with Crippen molar-refractivity contribution >= 4 is 27.5 Å². The standard InChI is InChI=1S/C23H19BrN4O2/c1-15-14-17(24)8-13-20(15)25-23(29)21-26-22(16-6-4-3-5-7-16)28(27-21)18-9-11-19(30-2)12-10-18/h3-14H,1-2H3,(H,25,29). The first-order chi connectivity index (χ1) is 14.5. The fourth-order valence-electron chi connectivity index (χ4n) is 3.03. The van der Waals surface area contributed by atoms with Crippen LogP contribution >= 0.6 is 15.9 Å². The van der Waals surface area contributed by atoms with Crippen molar-refractivity contribution in [1.82, 2.24) is 14.8 Å². The van der Waals surface area contributed by atoms with Gasteiger partial charge in [-0.25, -0.2) is 9.67 Å². The Hall–Kier alpha value is -3.45. The average molecular weight is 463 g/mol. The van der Waals surface area contributed by atoms with E-state index in [-0.39, 0.29) is 11.7 Å². The third-order valence-corrected chi connectivity index (χ3v) is 5.09. The highest BCUT2D eigenvalue weighted by Crippen LogP contribution is 2.24. The van der Waals surface area contributed by atoms with E-state index < -0.39 is 0 Å². The molecule has 1 amide bonds. The molecule has 30 heavy (non-hydrogen) atoms. The van der Waals surface area contributed by atoms with Crippen LogP contribution in [0.4, 0.5) is 5.69 Å². The summed E-state index contributed by atoms with van der Waals surface area (Å²) in [6.45, 7) is 1.93. The van der Waals surface area contributed by atoms with Crippen molar-refractivity contribution in [3.05, 3.63) is 88.7 Å². The summed E-state index contributed by atoms with van der Waals surface area (Å²) in [6.07, 6.45) is 0. The van der Waals surface area contributed by atoms with Crippen molar-refractivity contribution in [3.63, 3.8) is 0 Å². The van der Waals surface area contributed by atoms with Gasteiger partial charge < -0.3 is 10.1 Å². The predicted octanol–water partition coefficient (Wildman–Crippen LogP) is 5.27. The molecule has 0 radical (unpaired) electrons. The van der Waals surface area contributed by atoms with Crippen LogP contribution in [0.15, 0.2) is 77.3 Å². The number of nitrogens with zero attached hydrogens (tertiary/aromatic N) is 3. The molecule has 0 bridgehead atoms. The third kappa shape index (κ3) is 4.11. The Bertz CT molecular complexity index is 1190. The van der Waals surface area contributed by atoms with Gasteiger partial charge in [0, 0.05) is 15.7 Å². The van der Waals surface area contributed by atoms with Gasteiger partial charge in [-0.3, -0.25) is 4.79 Å². The molecular weight excluding hydrogens is 444 g/mol. The highest BCUT2D eigenvalue weighted by Gasteiger charge is 2.19. The Morgan fingerprint density at radius 3 is 2.43 bits per heavy atom. The Labute approximate surface area is 182 Å². The summed E-state index contributed by atoms with van der Waals surface area (Å²) in [5.74, 6) is 1.04. The van der Waals surface area contributed by atoms with E-state index in [1.807, 2.05) is 79.7 Å². The zero-order valence-corrected chi connectivity index (χ0v) is 18.1. The van der Waals surface area contributed by atoms with E-state index in [0.29, 0.717) is 11.5 Å². The van der Waals surface area contributed by atoms with Crippen LogP contribution in [0, 0.1) is 6.92 Å². The van der Waals surface area contributed by atoms with Crippen molar-refractivity contribution in [2.45, 2.75) is 6.92 Å². The SMILES string of the molecule is COc1ccc(-n2nc(C(=O)Nc3ccc(Br)cc3C)nc2-c2ccccc2)cc1. The number of hydrogen-bond donors (Lipinski definition) is 1. The van der Waals surface area contributed by atoms with Crippen LogP contribution in [0.25, 0.3) is 17.1 Å². The van der Waals surface area contributed by atoms with Gasteiger partial charge in [0.2, 0.25) is 5.82 Å². The Kier molecular flexibility index (Phi) is 5.63. The second-order valence-electron chi connectivity index (χ2n) is 6.65. The molecule has 0 unspecified atom stereocenters. The molecule has 0 saturated carbocycles. The predicted molar refractivity (Wildman–Crippen MR) is 120 cm³/mol. The lowest BCUT2D eigenvalue weighted by Crippen LogP contribution is -2.15. The molecule has 7 heteroatoms. The Morgan fingerprint density at radius 1 is 1.03 bits per heavy atom. The number of hydrogen-bond acceptors (Lipinski definition) is 4. The van der Waals surface area contributed by atoms with Crippen molar-refractivity contribution in [1.29, 1.82) is 0 Å². The number of methoxy groups -OCH3 is 1. The van der Waals surface area contributed by atoms with Gasteiger partial charge in [0.25, 0.3) is 5.91 Å². The van der Waals surface area contributed by atoms with Gasteiger partial charge in [0.05, 0.1) is 12.8 Å². The number of aryl methyl sites for hydroxylation is 1. The molecule has 1 heterocycles. The van der Waals surface area contributed by atoms with Crippen LogP contribution in [0.1, 0.15) is 16.2 Å². The molecule has 3 aromatic carbocycles. The fraction of sp³-hybridized carbons (Fsp3) is 0.0870. The van der Waals surface area contributed by atoms with Crippen molar-refractivity contribution in [2.24, 2.45) is 0 Å². The molecule has 0 spiro atoms. The molecule has 1 aromatic heterocycles. The molecule has 150 valence electrons.